The fourth-order valence-electron chi connectivity index (χ4n) is 2.42. The van der Waals surface area contributed by atoms with Crippen LogP contribution in [0.2, 0.25) is 10.0 Å². The lowest BCUT2D eigenvalue weighted by molar-refractivity contribution is 0.00694. The number of aryl methyl sites for hydroxylation is 1. The first-order chi connectivity index (χ1) is 11.2. The Morgan fingerprint density at radius 1 is 1.25 bits per heavy atom. The highest BCUT2D eigenvalue weighted by molar-refractivity contribution is 6.36. The topological polar surface area (TPSA) is 68.1 Å². The van der Waals surface area contributed by atoms with Gasteiger partial charge in [-0.3, -0.25) is 0 Å². The van der Waals surface area contributed by atoms with Gasteiger partial charge in [0.1, 0.15) is 5.60 Å². The van der Waals surface area contributed by atoms with E-state index in [1.165, 1.54) is 0 Å². The van der Waals surface area contributed by atoms with Gasteiger partial charge in [-0.2, -0.15) is 0 Å². The second kappa shape index (κ2) is 7.60. The van der Waals surface area contributed by atoms with Gasteiger partial charge in [0.15, 0.2) is 0 Å². The smallest absolute Gasteiger partial charge is 0.341 e. The molecule has 0 fully saturated rings. The van der Waals surface area contributed by atoms with Crippen LogP contribution < -0.4 is 5.73 Å². The third-order valence-electron chi connectivity index (χ3n) is 3.42. The molecule has 0 atom stereocenters. The van der Waals surface area contributed by atoms with Crippen molar-refractivity contribution in [2.24, 2.45) is 5.73 Å². The summed E-state index contributed by atoms with van der Waals surface area (Å²) in [7, 11) is 0. The van der Waals surface area contributed by atoms with Gasteiger partial charge >= 0.3 is 5.97 Å². The monoisotopic (exact) mass is 368 g/mol. The number of rotatable bonds is 5. The minimum atomic E-state index is -0.583. The number of nitrogens with two attached hydrogens (primary N) is 1. The maximum atomic E-state index is 12.7. The predicted octanol–water partition coefficient (Wildman–Crippen LogP) is 4.84. The molecular weight excluding hydrogens is 347 g/mol. The Morgan fingerprint density at radius 2 is 1.96 bits per heavy atom. The third-order valence-corrected chi connectivity index (χ3v) is 3.96. The number of esters is 1. The first-order valence-corrected chi connectivity index (χ1v) is 8.57. The first kappa shape index (κ1) is 18.8. The standard InChI is InChI=1S/C18H22Cl2N2O2/c1-18(2,3)24-17(23)16-13(10-22-15(16)5-4-8-21)12-7-6-11(19)9-14(12)20/h6-7,9-10,22H,4-5,8,21H2,1-3H3. The molecule has 0 aliphatic rings. The molecule has 1 heterocycles. The zero-order valence-electron chi connectivity index (χ0n) is 14.1. The van der Waals surface area contributed by atoms with Crippen molar-refractivity contribution < 1.29 is 9.53 Å². The second-order valence-corrected chi connectivity index (χ2v) is 7.42. The van der Waals surface area contributed by atoms with E-state index < -0.39 is 5.60 Å². The molecule has 0 amide bonds. The van der Waals surface area contributed by atoms with E-state index in [4.69, 9.17) is 33.7 Å². The lowest BCUT2D eigenvalue weighted by atomic mass is 10.0. The molecule has 130 valence electrons. The molecule has 6 heteroatoms. The van der Waals surface area contributed by atoms with Gasteiger partial charge in [-0.25, -0.2) is 4.79 Å². The Morgan fingerprint density at radius 3 is 2.54 bits per heavy atom. The summed E-state index contributed by atoms with van der Waals surface area (Å²) < 4.78 is 5.57. The number of aromatic amines is 1. The number of aromatic nitrogens is 1. The van der Waals surface area contributed by atoms with Crippen LogP contribution in [0.3, 0.4) is 0 Å². The summed E-state index contributed by atoms with van der Waals surface area (Å²) in [6.45, 7) is 6.06. The Labute approximate surface area is 152 Å². The number of nitrogens with one attached hydrogen (secondary N) is 1. The molecule has 4 nitrogen and oxygen atoms in total. The molecule has 0 unspecified atom stereocenters. The van der Waals surface area contributed by atoms with Gasteiger partial charge in [0.05, 0.1) is 5.56 Å². The van der Waals surface area contributed by atoms with Crippen molar-refractivity contribution in [1.29, 1.82) is 0 Å². The molecular formula is C18H22Cl2N2O2. The quantitative estimate of drug-likeness (QED) is 0.742. The highest BCUT2D eigenvalue weighted by atomic mass is 35.5. The van der Waals surface area contributed by atoms with Crippen LogP contribution in [0.15, 0.2) is 24.4 Å². The van der Waals surface area contributed by atoms with Crippen LogP contribution in [0, 0.1) is 0 Å². The SMILES string of the molecule is CC(C)(C)OC(=O)c1c(-c2ccc(Cl)cc2Cl)c[nH]c1CCCN. The molecule has 1 aromatic heterocycles. The number of hydrogen-bond acceptors (Lipinski definition) is 3. The van der Waals surface area contributed by atoms with E-state index in [2.05, 4.69) is 4.98 Å². The maximum absolute atomic E-state index is 12.7. The summed E-state index contributed by atoms with van der Waals surface area (Å²) in [5.74, 6) is -0.378. The molecule has 1 aromatic carbocycles. The molecule has 0 radical (unpaired) electrons. The van der Waals surface area contributed by atoms with E-state index in [-0.39, 0.29) is 5.97 Å². The fourth-order valence-corrected chi connectivity index (χ4v) is 2.94. The molecule has 2 aromatic rings. The van der Waals surface area contributed by atoms with E-state index in [9.17, 15) is 4.79 Å². The first-order valence-electron chi connectivity index (χ1n) is 7.82. The van der Waals surface area contributed by atoms with Crippen molar-refractivity contribution in [1.82, 2.24) is 4.98 Å². The summed E-state index contributed by atoms with van der Waals surface area (Å²) in [4.78, 5) is 15.9. The van der Waals surface area contributed by atoms with Crippen LogP contribution >= 0.6 is 23.2 Å². The number of ether oxygens (including phenoxy) is 1. The van der Waals surface area contributed by atoms with E-state index in [0.717, 1.165) is 17.7 Å². The van der Waals surface area contributed by atoms with Gasteiger partial charge in [0, 0.05) is 33.1 Å². The second-order valence-electron chi connectivity index (χ2n) is 6.57. The number of carbonyl (C=O) groups is 1. The fraction of sp³-hybridized carbons (Fsp3) is 0.389. The summed E-state index contributed by atoms with van der Waals surface area (Å²) in [5, 5.41) is 1.03. The van der Waals surface area contributed by atoms with E-state index in [1.54, 1.807) is 24.4 Å². The summed E-state index contributed by atoms with van der Waals surface area (Å²) in [5.41, 5.74) is 7.76. The molecule has 0 saturated carbocycles. The zero-order chi connectivity index (χ0) is 17.9. The molecule has 3 N–H and O–H groups in total. The van der Waals surface area contributed by atoms with Crippen LogP contribution in [0.25, 0.3) is 11.1 Å². The molecule has 0 aliphatic heterocycles. The number of H-pyrrole nitrogens is 1. The van der Waals surface area contributed by atoms with Crippen LogP contribution in [-0.2, 0) is 11.2 Å². The van der Waals surface area contributed by atoms with Crippen LogP contribution in [-0.4, -0.2) is 23.1 Å². The van der Waals surface area contributed by atoms with E-state index >= 15 is 0 Å². The summed E-state index contributed by atoms with van der Waals surface area (Å²) in [6.07, 6.45) is 3.21. The molecule has 24 heavy (non-hydrogen) atoms. The van der Waals surface area contributed by atoms with Crippen molar-refractivity contribution in [2.75, 3.05) is 6.54 Å². The number of halogens is 2. The van der Waals surface area contributed by atoms with E-state index in [0.29, 0.717) is 34.1 Å². The predicted molar refractivity (Wildman–Crippen MR) is 98.8 cm³/mol. The molecule has 0 saturated heterocycles. The normalized spacial score (nSPS) is 11.6. The largest absolute Gasteiger partial charge is 0.456 e. The highest BCUT2D eigenvalue weighted by Crippen LogP contribution is 2.35. The minimum absolute atomic E-state index is 0.378. The molecule has 0 bridgehead atoms. The van der Waals surface area contributed by atoms with Gasteiger partial charge in [0.2, 0.25) is 0 Å². The van der Waals surface area contributed by atoms with Gasteiger partial charge in [-0.15, -0.1) is 0 Å². The third kappa shape index (κ3) is 4.53. The zero-order valence-corrected chi connectivity index (χ0v) is 15.6. The van der Waals surface area contributed by atoms with Crippen molar-refractivity contribution in [3.8, 4) is 11.1 Å². The maximum Gasteiger partial charge on any atom is 0.341 e. The van der Waals surface area contributed by atoms with Gasteiger partial charge in [-0.1, -0.05) is 29.3 Å². The lowest BCUT2D eigenvalue weighted by Gasteiger charge is -2.20. The Bertz CT molecular complexity index is 733. The number of benzene rings is 1. The summed E-state index contributed by atoms with van der Waals surface area (Å²) in [6, 6.07) is 5.20. The Hall–Kier alpha value is -1.49. The Balaban J connectivity index is 2.51. The average Bonchev–Trinajstić information content (AvgIpc) is 2.87. The van der Waals surface area contributed by atoms with Crippen LogP contribution in [0.5, 0.6) is 0 Å². The summed E-state index contributed by atoms with van der Waals surface area (Å²) >= 11 is 12.3. The van der Waals surface area contributed by atoms with Gasteiger partial charge in [-0.05, 0) is 52.3 Å². The van der Waals surface area contributed by atoms with Crippen LogP contribution in [0.4, 0.5) is 0 Å². The van der Waals surface area contributed by atoms with E-state index in [1.807, 2.05) is 20.8 Å². The molecule has 2 rings (SSSR count). The van der Waals surface area contributed by atoms with Crippen molar-refractivity contribution in [3.63, 3.8) is 0 Å². The minimum Gasteiger partial charge on any atom is -0.456 e. The molecule has 0 aliphatic carbocycles. The number of carbonyl (C=O) groups excluding carboxylic acids is 1. The van der Waals surface area contributed by atoms with Crippen LogP contribution in [0.1, 0.15) is 43.2 Å². The lowest BCUT2D eigenvalue weighted by Crippen LogP contribution is -2.24. The molecule has 0 spiro atoms. The van der Waals surface area contributed by atoms with Crippen molar-refractivity contribution >= 4 is 29.2 Å². The van der Waals surface area contributed by atoms with Crippen molar-refractivity contribution in [2.45, 2.75) is 39.2 Å². The Kier molecular flexibility index (Phi) is 5.97. The average molecular weight is 369 g/mol. The highest BCUT2D eigenvalue weighted by Gasteiger charge is 2.26. The number of hydrogen-bond donors (Lipinski definition) is 2. The van der Waals surface area contributed by atoms with Gasteiger partial charge < -0.3 is 15.5 Å². The van der Waals surface area contributed by atoms with Gasteiger partial charge in [0.25, 0.3) is 0 Å². The van der Waals surface area contributed by atoms with Crippen molar-refractivity contribution in [3.05, 3.63) is 45.7 Å².